The van der Waals surface area contributed by atoms with Gasteiger partial charge in [0.2, 0.25) is 0 Å². The molecule has 1 N–H and O–H groups in total. The van der Waals surface area contributed by atoms with E-state index in [4.69, 9.17) is 9.36 Å². The molecule has 1 fully saturated rings. The van der Waals surface area contributed by atoms with E-state index < -0.39 is 15.4 Å². The van der Waals surface area contributed by atoms with Gasteiger partial charge in [-0.25, -0.2) is 8.42 Å². The van der Waals surface area contributed by atoms with Crippen molar-refractivity contribution in [3.8, 4) is 0 Å². The highest BCUT2D eigenvalue weighted by atomic mass is 32.2. The Morgan fingerprint density at radius 2 is 2.15 bits per heavy atom. The Bertz CT molecular complexity index is 669. The Labute approximate surface area is 118 Å². The Hall–Kier alpha value is -1.34. The fourth-order valence-corrected chi connectivity index (χ4v) is 3.76. The summed E-state index contributed by atoms with van der Waals surface area (Å²) in [6, 6.07) is 0. The number of rotatable bonds is 4. The fraction of sp³-hybridized carbons (Fsp3) is 0.615. The number of nitrogens with zero attached hydrogens (tertiary/aromatic N) is 1. The maximum Gasteiger partial charge on any atom is 0.199 e. The minimum atomic E-state index is -3.48. The minimum Gasteiger partial charge on any atom is -0.361 e. The average Bonchev–Trinajstić information content (AvgIpc) is 3.03. The molecule has 1 saturated carbocycles. The summed E-state index contributed by atoms with van der Waals surface area (Å²) in [6.45, 7) is 5.34. The summed E-state index contributed by atoms with van der Waals surface area (Å²) in [4.78, 5) is 5.22. The first-order valence-electron chi connectivity index (χ1n) is 6.63. The van der Waals surface area contributed by atoms with Crippen molar-refractivity contribution in [2.24, 2.45) is 0 Å². The second-order valence-corrected chi connectivity index (χ2v) is 7.91. The van der Waals surface area contributed by atoms with E-state index in [0.717, 1.165) is 18.5 Å². The van der Waals surface area contributed by atoms with Gasteiger partial charge in [0.25, 0.3) is 0 Å². The van der Waals surface area contributed by atoms with Crippen molar-refractivity contribution in [1.29, 1.82) is 0 Å². The topological polar surface area (TPSA) is 81.4 Å². The minimum absolute atomic E-state index is 0.105. The lowest BCUT2D eigenvalue weighted by Gasteiger charge is -2.11. The van der Waals surface area contributed by atoms with Gasteiger partial charge in [-0.1, -0.05) is 5.16 Å². The Morgan fingerprint density at radius 3 is 2.70 bits per heavy atom. The van der Waals surface area contributed by atoms with E-state index in [0.29, 0.717) is 17.2 Å². The molecule has 1 aliphatic heterocycles. The number of aromatic nitrogens is 1. The van der Waals surface area contributed by atoms with Gasteiger partial charge < -0.3 is 4.52 Å². The van der Waals surface area contributed by atoms with Crippen LogP contribution in [0.25, 0.3) is 0 Å². The van der Waals surface area contributed by atoms with E-state index in [1.165, 1.54) is 0 Å². The van der Waals surface area contributed by atoms with Crippen LogP contribution in [-0.2, 0) is 20.4 Å². The third-order valence-corrected chi connectivity index (χ3v) is 5.08. The maximum atomic E-state index is 12.5. The normalized spacial score (nSPS) is 21.6. The van der Waals surface area contributed by atoms with Gasteiger partial charge in [0, 0.05) is 11.5 Å². The summed E-state index contributed by atoms with van der Waals surface area (Å²) >= 11 is 0. The molecule has 2 heterocycles. The van der Waals surface area contributed by atoms with Gasteiger partial charge in [-0.2, -0.15) is 0 Å². The number of hydrogen-bond donors (Lipinski definition) is 1. The molecule has 7 heteroatoms. The summed E-state index contributed by atoms with van der Waals surface area (Å²) in [5.74, 6) is 0.831. The summed E-state index contributed by atoms with van der Waals surface area (Å²) in [5, 5.41) is 4.12. The molecule has 0 spiro atoms. The van der Waals surface area contributed by atoms with Crippen molar-refractivity contribution in [3.63, 3.8) is 0 Å². The zero-order valence-corrected chi connectivity index (χ0v) is 12.6. The standard InChI is InChI=1S/C13H18N2O4S/c1-8-10(12(15-18-8)9-4-5-9)7-20(16,17)11-6-13(2,3)19-14-11/h6,9,14H,4-5,7H2,1-3H3. The zero-order valence-electron chi connectivity index (χ0n) is 11.8. The Morgan fingerprint density at radius 1 is 1.45 bits per heavy atom. The van der Waals surface area contributed by atoms with Gasteiger partial charge >= 0.3 is 0 Å². The summed E-state index contributed by atoms with van der Waals surface area (Å²) in [5.41, 5.74) is 3.38. The van der Waals surface area contributed by atoms with E-state index in [1.807, 2.05) is 0 Å². The third kappa shape index (κ3) is 2.47. The molecule has 0 radical (unpaired) electrons. The van der Waals surface area contributed by atoms with Gasteiger partial charge in [0.1, 0.15) is 11.4 Å². The molecule has 3 rings (SSSR count). The van der Waals surface area contributed by atoms with E-state index in [-0.39, 0.29) is 10.8 Å². The van der Waals surface area contributed by atoms with Crippen LogP contribution in [0.3, 0.4) is 0 Å². The molecule has 0 unspecified atom stereocenters. The van der Waals surface area contributed by atoms with Crippen LogP contribution in [0.15, 0.2) is 15.6 Å². The largest absolute Gasteiger partial charge is 0.361 e. The second-order valence-electron chi connectivity index (χ2n) is 5.95. The molecule has 0 saturated heterocycles. The molecule has 0 atom stereocenters. The molecule has 2 aliphatic rings. The quantitative estimate of drug-likeness (QED) is 0.914. The van der Waals surface area contributed by atoms with Crippen LogP contribution in [0, 0.1) is 6.92 Å². The summed E-state index contributed by atoms with van der Waals surface area (Å²) in [7, 11) is -3.48. The number of aryl methyl sites for hydroxylation is 1. The number of hydroxylamine groups is 1. The highest BCUT2D eigenvalue weighted by Gasteiger charge is 2.36. The fourth-order valence-electron chi connectivity index (χ4n) is 2.24. The molecule has 1 aromatic heterocycles. The molecule has 0 aromatic carbocycles. The van der Waals surface area contributed by atoms with Crippen LogP contribution in [0.1, 0.15) is 49.6 Å². The van der Waals surface area contributed by atoms with Crippen LogP contribution in [0.2, 0.25) is 0 Å². The van der Waals surface area contributed by atoms with Gasteiger partial charge in [-0.15, -0.1) is 0 Å². The zero-order chi connectivity index (χ0) is 14.5. The summed E-state index contributed by atoms with van der Waals surface area (Å²) < 4.78 is 30.1. The SMILES string of the molecule is Cc1onc(C2CC2)c1CS(=O)(=O)C1=CC(C)(C)ON1. The van der Waals surface area contributed by atoms with Crippen LogP contribution < -0.4 is 5.48 Å². The van der Waals surface area contributed by atoms with Crippen LogP contribution in [0.4, 0.5) is 0 Å². The van der Waals surface area contributed by atoms with Crippen molar-refractivity contribution in [3.05, 3.63) is 28.1 Å². The lowest BCUT2D eigenvalue weighted by molar-refractivity contribution is -0.0129. The Balaban J connectivity index is 1.89. The molecule has 0 amide bonds. The third-order valence-electron chi connectivity index (χ3n) is 3.54. The first-order valence-corrected chi connectivity index (χ1v) is 8.28. The van der Waals surface area contributed by atoms with Gasteiger partial charge in [-0.05, 0) is 39.7 Å². The molecular weight excluding hydrogens is 280 g/mol. The van der Waals surface area contributed by atoms with Gasteiger partial charge in [0.15, 0.2) is 14.9 Å². The summed E-state index contributed by atoms with van der Waals surface area (Å²) in [6.07, 6.45) is 3.69. The molecule has 6 nitrogen and oxygen atoms in total. The molecular formula is C13H18N2O4S. The van der Waals surface area contributed by atoms with E-state index in [9.17, 15) is 8.42 Å². The van der Waals surface area contributed by atoms with Crippen molar-refractivity contribution in [2.75, 3.05) is 0 Å². The second kappa shape index (κ2) is 4.33. The highest BCUT2D eigenvalue weighted by Crippen LogP contribution is 2.42. The smallest absolute Gasteiger partial charge is 0.199 e. The molecule has 20 heavy (non-hydrogen) atoms. The predicted molar refractivity (Wildman–Crippen MR) is 72.2 cm³/mol. The molecule has 0 bridgehead atoms. The first-order chi connectivity index (χ1) is 9.28. The van der Waals surface area contributed by atoms with E-state index >= 15 is 0 Å². The van der Waals surface area contributed by atoms with Crippen molar-refractivity contribution in [1.82, 2.24) is 10.6 Å². The number of hydrogen-bond acceptors (Lipinski definition) is 6. The predicted octanol–water partition coefficient (Wildman–Crippen LogP) is 1.93. The van der Waals surface area contributed by atoms with Crippen LogP contribution in [-0.4, -0.2) is 19.2 Å². The van der Waals surface area contributed by atoms with Crippen LogP contribution in [0.5, 0.6) is 0 Å². The number of nitrogens with one attached hydrogen (secondary N) is 1. The average molecular weight is 298 g/mol. The van der Waals surface area contributed by atoms with Gasteiger partial charge in [-0.3, -0.25) is 10.3 Å². The number of sulfone groups is 1. The molecule has 1 aliphatic carbocycles. The maximum absolute atomic E-state index is 12.5. The van der Waals surface area contributed by atoms with Gasteiger partial charge in [0.05, 0.1) is 11.4 Å². The van der Waals surface area contributed by atoms with Crippen LogP contribution >= 0.6 is 0 Å². The Kier molecular flexibility index (Phi) is 2.95. The monoisotopic (exact) mass is 298 g/mol. The highest BCUT2D eigenvalue weighted by molar-refractivity contribution is 7.94. The lowest BCUT2D eigenvalue weighted by atomic mass is 10.1. The molecule has 1 aromatic rings. The van der Waals surface area contributed by atoms with E-state index in [1.54, 1.807) is 26.8 Å². The van der Waals surface area contributed by atoms with Crippen molar-refractivity contribution < 1.29 is 17.8 Å². The van der Waals surface area contributed by atoms with E-state index in [2.05, 4.69) is 10.6 Å². The lowest BCUT2D eigenvalue weighted by Crippen LogP contribution is -2.22. The first kappa shape index (κ1) is 13.6. The molecule has 110 valence electrons. The van der Waals surface area contributed by atoms with Crippen molar-refractivity contribution >= 4 is 9.84 Å². The van der Waals surface area contributed by atoms with Crippen molar-refractivity contribution in [2.45, 2.75) is 50.9 Å².